The minimum Gasteiger partial charge on any atom is -0.394 e. The van der Waals surface area contributed by atoms with Gasteiger partial charge in [0.25, 0.3) is 0 Å². The van der Waals surface area contributed by atoms with Gasteiger partial charge >= 0.3 is 0 Å². The van der Waals surface area contributed by atoms with Crippen LogP contribution in [0.2, 0.25) is 0 Å². The van der Waals surface area contributed by atoms with E-state index in [1.54, 1.807) is 13.8 Å². The van der Waals surface area contributed by atoms with Crippen molar-refractivity contribution in [3.63, 3.8) is 0 Å². The molecule has 0 spiro atoms. The fraction of sp³-hybridized carbons (Fsp3) is 0.478. The lowest BCUT2D eigenvalue weighted by atomic mass is 9.71. The largest absolute Gasteiger partial charge is 0.394 e. The van der Waals surface area contributed by atoms with Gasteiger partial charge in [0, 0.05) is 0 Å². The second-order valence-electron chi connectivity index (χ2n) is 16.2. The van der Waals surface area contributed by atoms with Crippen LogP contribution in [0, 0.1) is 10.8 Å². The highest BCUT2D eigenvalue weighted by Crippen LogP contribution is 2.42. The molecule has 5 unspecified atom stereocenters. The van der Waals surface area contributed by atoms with E-state index in [0.717, 1.165) is 33.4 Å². The van der Waals surface area contributed by atoms with Gasteiger partial charge in [0.1, 0.15) is 36.6 Å². The Labute approximate surface area is 327 Å². The van der Waals surface area contributed by atoms with E-state index >= 15 is 0 Å². The maximum absolute atomic E-state index is 13.3. The minimum atomic E-state index is -1.58. The van der Waals surface area contributed by atoms with Crippen molar-refractivity contribution in [2.45, 2.75) is 125 Å². The standard InChI is InChI=1S/C46H62O9/c1-28(17-13-19-30(3)21-23-34-32(5)39(49)36(48)25-45(34,7)8)15-11-12-16-29(2)18-14-20-31(4)22-24-35-33(6)40(50)37(26-46(35,9)10)54-44-43(53)42(52)41(51)38(27-47)55-44/h11-24,36-38,41-44,47-48,51-53H,25-27H2,1-10H3/b12-11+,17-13+,18-14+,23-21+,24-22+,28-15+,29-16+,30-19+,31-20+/t36-,37-,38?,41?,42?,43?,44?/m0/s1. The fourth-order valence-corrected chi connectivity index (χ4v) is 7.05. The van der Waals surface area contributed by atoms with E-state index in [2.05, 4.69) is 13.8 Å². The molecule has 0 aromatic carbocycles. The second-order valence-corrected chi connectivity index (χ2v) is 16.2. The van der Waals surface area contributed by atoms with Crippen molar-refractivity contribution in [1.82, 2.24) is 0 Å². The lowest BCUT2D eigenvalue weighted by Gasteiger charge is -2.43. The fourth-order valence-electron chi connectivity index (χ4n) is 7.05. The van der Waals surface area contributed by atoms with Gasteiger partial charge in [-0.25, -0.2) is 0 Å². The van der Waals surface area contributed by atoms with Crippen LogP contribution >= 0.6 is 0 Å². The summed E-state index contributed by atoms with van der Waals surface area (Å²) in [6.45, 7) is 19.1. The molecule has 0 amide bonds. The summed E-state index contributed by atoms with van der Waals surface area (Å²) in [4.78, 5) is 25.6. The first-order valence-electron chi connectivity index (χ1n) is 18.9. The molecule has 1 aliphatic heterocycles. The van der Waals surface area contributed by atoms with Crippen molar-refractivity contribution in [1.29, 1.82) is 0 Å². The molecule has 0 aromatic rings. The molecule has 1 fully saturated rings. The molecule has 300 valence electrons. The van der Waals surface area contributed by atoms with Crippen LogP contribution in [0.4, 0.5) is 0 Å². The molecule has 0 radical (unpaired) electrons. The Kier molecular flexibility index (Phi) is 16.5. The van der Waals surface area contributed by atoms with Gasteiger partial charge in [-0.2, -0.15) is 0 Å². The highest BCUT2D eigenvalue weighted by atomic mass is 16.7. The van der Waals surface area contributed by atoms with E-state index in [1.807, 2.05) is 127 Å². The van der Waals surface area contributed by atoms with Gasteiger partial charge in [-0.3, -0.25) is 9.59 Å². The van der Waals surface area contributed by atoms with Crippen molar-refractivity contribution in [2.24, 2.45) is 10.8 Å². The van der Waals surface area contributed by atoms with Gasteiger partial charge in [0.15, 0.2) is 17.9 Å². The molecule has 7 atom stereocenters. The third kappa shape index (κ3) is 12.3. The Balaban J connectivity index is 1.56. The number of hydrogen-bond acceptors (Lipinski definition) is 9. The quantitative estimate of drug-likeness (QED) is 0.129. The Morgan fingerprint density at radius 2 is 1.09 bits per heavy atom. The molecule has 0 bridgehead atoms. The summed E-state index contributed by atoms with van der Waals surface area (Å²) in [5.41, 5.74) is 6.49. The van der Waals surface area contributed by atoms with E-state index in [0.29, 0.717) is 24.0 Å². The van der Waals surface area contributed by atoms with Crippen molar-refractivity contribution in [2.75, 3.05) is 6.61 Å². The summed E-state index contributed by atoms with van der Waals surface area (Å²) in [6, 6.07) is 0. The number of ether oxygens (including phenoxy) is 2. The Morgan fingerprint density at radius 1 is 0.655 bits per heavy atom. The first-order valence-corrected chi connectivity index (χ1v) is 18.9. The van der Waals surface area contributed by atoms with Crippen LogP contribution in [0.25, 0.3) is 0 Å². The Bertz CT molecular complexity index is 1770. The number of Topliss-reactive ketones (excluding diaryl/α,β-unsaturated/α-hetero) is 2. The van der Waals surface area contributed by atoms with Gasteiger partial charge in [-0.05, 0) is 87.5 Å². The van der Waals surface area contributed by atoms with Crippen LogP contribution in [0.15, 0.2) is 130 Å². The molecule has 0 aromatic heterocycles. The minimum absolute atomic E-state index is 0.190. The predicted octanol–water partition coefficient (Wildman–Crippen LogP) is 6.73. The molecule has 9 nitrogen and oxygen atoms in total. The number of allylic oxidation sites excluding steroid dienone is 20. The molecular formula is C46H62O9. The van der Waals surface area contributed by atoms with Gasteiger partial charge in [0.2, 0.25) is 0 Å². The summed E-state index contributed by atoms with van der Waals surface area (Å²) in [5.74, 6) is -0.442. The SMILES string of the molecule is CC1=C(/C=C/C(C)=C/C=C/C(C)=C/C=C/C=C(C)/C=C/C=C(C)/C=C/C2=C(C)C(=O)[C@@H](O)CC2(C)C)C(C)(C)C[C@H](OC2OC(CO)C(O)C(O)C2O)C1=O. The lowest BCUT2D eigenvalue weighted by molar-refractivity contribution is -0.309. The summed E-state index contributed by atoms with van der Waals surface area (Å²) in [7, 11) is 0. The molecule has 5 N–H and O–H groups in total. The van der Waals surface area contributed by atoms with Crippen LogP contribution in [-0.2, 0) is 19.1 Å². The van der Waals surface area contributed by atoms with Crippen LogP contribution < -0.4 is 0 Å². The van der Waals surface area contributed by atoms with E-state index in [9.17, 15) is 35.1 Å². The topological polar surface area (TPSA) is 154 Å². The normalized spacial score (nSPS) is 30.5. The number of aliphatic hydroxyl groups excluding tert-OH is 5. The number of hydrogen-bond donors (Lipinski definition) is 5. The molecule has 1 heterocycles. The number of rotatable bonds is 13. The molecule has 3 aliphatic rings. The highest BCUT2D eigenvalue weighted by Gasteiger charge is 2.47. The first-order chi connectivity index (χ1) is 25.7. The van der Waals surface area contributed by atoms with Crippen LogP contribution in [0.5, 0.6) is 0 Å². The zero-order valence-electron chi connectivity index (χ0n) is 34.1. The molecular weight excluding hydrogens is 696 g/mol. The zero-order chi connectivity index (χ0) is 41.2. The Hall–Kier alpha value is -3.80. The lowest BCUT2D eigenvalue weighted by Crippen LogP contribution is -2.60. The molecule has 2 aliphatic carbocycles. The van der Waals surface area contributed by atoms with E-state index in [4.69, 9.17) is 9.47 Å². The van der Waals surface area contributed by atoms with Crippen LogP contribution in [0.3, 0.4) is 0 Å². The Morgan fingerprint density at radius 3 is 1.58 bits per heavy atom. The van der Waals surface area contributed by atoms with Crippen molar-refractivity contribution >= 4 is 11.6 Å². The van der Waals surface area contributed by atoms with Crippen molar-refractivity contribution in [3.05, 3.63) is 130 Å². The summed E-state index contributed by atoms with van der Waals surface area (Å²) in [6.07, 6.45) is 19.7. The number of aliphatic hydroxyl groups is 5. The smallest absolute Gasteiger partial charge is 0.187 e. The molecule has 3 rings (SSSR count). The summed E-state index contributed by atoms with van der Waals surface area (Å²) in [5, 5.41) is 50.1. The number of carbonyl (C=O) groups excluding carboxylic acids is 2. The van der Waals surface area contributed by atoms with Crippen LogP contribution in [-0.4, -0.2) is 86.6 Å². The maximum Gasteiger partial charge on any atom is 0.187 e. The molecule has 0 saturated carbocycles. The highest BCUT2D eigenvalue weighted by molar-refractivity contribution is 6.01. The monoisotopic (exact) mass is 758 g/mol. The predicted molar refractivity (Wildman–Crippen MR) is 218 cm³/mol. The van der Waals surface area contributed by atoms with Gasteiger partial charge < -0.3 is 35.0 Å². The van der Waals surface area contributed by atoms with Gasteiger partial charge in [-0.15, -0.1) is 0 Å². The third-order valence-electron chi connectivity index (χ3n) is 10.4. The molecule has 1 saturated heterocycles. The van der Waals surface area contributed by atoms with Gasteiger partial charge in [0.05, 0.1) is 6.61 Å². The molecule has 55 heavy (non-hydrogen) atoms. The van der Waals surface area contributed by atoms with E-state index in [1.165, 1.54) is 0 Å². The summed E-state index contributed by atoms with van der Waals surface area (Å²) >= 11 is 0. The molecule has 9 heteroatoms. The summed E-state index contributed by atoms with van der Waals surface area (Å²) < 4.78 is 11.3. The second kappa shape index (κ2) is 19.9. The number of ketones is 2. The number of carbonyl (C=O) groups is 2. The third-order valence-corrected chi connectivity index (χ3v) is 10.4. The first kappa shape index (κ1) is 45.6. The van der Waals surface area contributed by atoms with E-state index in [-0.39, 0.29) is 17.0 Å². The maximum atomic E-state index is 13.3. The zero-order valence-corrected chi connectivity index (χ0v) is 34.1. The van der Waals surface area contributed by atoms with Gasteiger partial charge in [-0.1, -0.05) is 135 Å². The average molecular weight is 759 g/mol. The van der Waals surface area contributed by atoms with Crippen molar-refractivity contribution in [3.8, 4) is 0 Å². The van der Waals surface area contributed by atoms with E-state index < -0.39 is 54.9 Å². The van der Waals surface area contributed by atoms with Crippen molar-refractivity contribution < 1.29 is 44.6 Å². The average Bonchev–Trinajstić information content (AvgIpc) is 3.10. The van der Waals surface area contributed by atoms with Crippen LogP contribution in [0.1, 0.15) is 82.1 Å².